The van der Waals surface area contributed by atoms with Crippen LogP contribution in [0.3, 0.4) is 0 Å². The molecule has 0 spiro atoms. The Bertz CT molecular complexity index is 1190. The second-order valence-electron chi connectivity index (χ2n) is 9.58. The first-order valence-corrected chi connectivity index (χ1v) is 11.9. The molecule has 0 amide bonds. The van der Waals surface area contributed by atoms with Crippen LogP contribution in [0.1, 0.15) is 64.8 Å². The highest BCUT2D eigenvalue weighted by atomic mass is 35.5. The van der Waals surface area contributed by atoms with Crippen LogP contribution in [0.2, 0.25) is 5.02 Å². The van der Waals surface area contributed by atoms with Crippen LogP contribution in [0.25, 0.3) is 22.3 Å². The van der Waals surface area contributed by atoms with E-state index in [9.17, 15) is 10.2 Å². The van der Waals surface area contributed by atoms with Gasteiger partial charge in [0.15, 0.2) is 5.82 Å². The van der Waals surface area contributed by atoms with Gasteiger partial charge in [0.05, 0.1) is 34.6 Å². The van der Waals surface area contributed by atoms with Crippen molar-refractivity contribution < 1.29 is 19.3 Å². The van der Waals surface area contributed by atoms with Crippen LogP contribution < -0.4 is 5.32 Å². The summed E-state index contributed by atoms with van der Waals surface area (Å²) in [6, 6.07) is 1.10. The molecule has 4 N–H and O–H groups in total. The third-order valence-electron chi connectivity index (χ3n) is 6.19. The van der Waals surface area contributed by atoms with E-state index >= 15 is 4.39 Å². The Kier molecular flexibility index (Phi) is 6.83. The van der Waals surface area contributed by atoms with Crippen molar-refractivity contribution in [2.24, 2.45) is 0 Å². The van der Waals surface area contributed by atoms with Crippen LogP contribution >= 0.6 is 11.6 Å². The Morgan fingerprint density at radius 2 is 2.09 bits per heavy atom. The maximum absolute atomic E-state index is 15.2. The summed E-state index contributed by atoms with van der Waals surface area (Å²) in [5.41, 5.74) is 1.06. The standard InChI is InChI=1S/C24H31ClFN5O3/c1-6-16-21(32)15(7-8-34-16)28-23-27-10-13(25)18(31-23)12-9-14(26)19-20(17(12)11(2)3)30-22(29-19)24(4,5)33/h9-11,15-16,21,32-33H,6-8H2,1-5H3,(H,29,30)(H,27,28,31)/t15-,16+,21+/m0/s1. The molecule has 1 aliphatic heterocycles. The normalized spacial score (nSPS) is 21.4. The van der Waals surface area contributed by atoms with Crippen molar-refractivity contribution in [3.63, 3.8) is 0 Å². The van der Waals surface area contributed by atoms with Gasteiger partial charge in [0.25, 0.3) is 0 Å². The monoisotopic (exact) mass is 491 g/mol. The summed E-state index contributed by atoms with van der Waals surface area (Å²) in [4.78, 5) is 16.3. The number of anilines is 1. The van der Waals surface area contributed by atoms with E-state index in [1.54, 1.807) is 13.8 Å². The van der Waals surface area contributed by atoms with Crippen LogP contribution in [0.5, 0.6) is 0 Å². The number of aromatic amines is 1. The van der Waals surface area contributed by atoms with Gasteiger partial charge >= 0.3 is 0 Å². The highest BCUT2D eigenvalue weighted by molar-refractivity contribution is 6.33. The van der Waals surface area contributed by atoms with Gasteiger partial charge in [0.2, 0.25) is 5.95 Å². The number of nitrogens with zero attached hydrogens (tertiary/aromatic N) is 3. The van der Waals surface area contributed by atoms with E-state index < -0.39 is 17.5 Å². The number of halogens is 2. The molecule has 0 bridgehead atoms. The second kappa shape index (κ2) is 9.37. The lowest BCUT2D eigenvalue weighted by Gasteiger charge is -2.34. The van der Waals surface area contributed by atoms with Gasteiger partial charge in [-0.25, -0.2) is 19.3 Å². The van der Waals surface area contributed by atoms with E-state index in [2.05, 4.69) is 25.3 Å². The third kappa shape index (κ3) is 4.62. The molecule has 8 nitrogen and oxygen atoms in total. The van der Waals surface area contributed by atoms with Crippen LogP contribution in [0, 0.1) is 5.82 Å². The number of hydrogen-bond donors (Lipinski definition) is 4. The van der Waals surface area contributed by atoms with Crippen LogP contribution in [0.15, 0.2) is 12.3 Å². The van der Waals surface area contributed by atoms with Crippen LogP contribution in [-0.2, 0) is 10.3 Å². The first-order valence-electron chi connectivity index (χ1n) is 11.5. The van der Waals surface area contributed by atoms with E-state index in [1.165, 1.54) is 12.3 Å². The summed E-state index contributed by atoms with van der Waals surface area (Å²) < 4.78 is 20.8. The Balaban J connectivity index is 1.80. The molecule has 0 unspecified atom stereocenters. The van der Waals surface area contributed by atoms with Gasteiger partial charge in [-0.3, -0.25) is 0 Å². The van der Waals surface area contributed by atoms with Gasteiger partial charge in [0.1, 0.15) is 23.0 Å². The molecular weight excluding hydrogens is 461 g/mol. The number of ether oxygens (including phenoxy) is 1. The second-order valence-corrected chi connectivity index (χ2v) is 9.99. The van der Waals surface area contributed by atoms with E-state index in [1.807, 2.05) is 20.8 Å². The summed E-state index contributed by atoms with van der Waals surface area (Å²) in [7, 11) is 0. The first kappa shape index (κ1) is 24.8. The topological polar surface area (TPSA) is 116 Å². The molecule has 3 heterocycles. The molecule has 0 saturated carbocycles. The lowest BCUT2D eigenvalue weighted by atomic mass is 9.93. The van der Waals surface area contributed by atoms with Crippen LogP contribution in [-0.4, -0.2) is 55.0 Å². The highest BCUT2D eigenvalue weighted by Crippen LogP contribution is 2.39. The summed E-state index contributed by atoms with van der Waals surface area (Å²) in [5.74, 6) is -0.0120. The van der Waals surface area contributed by atoms with Crippen molar-refractivity contribution in [1.82, 2.24) is 19.9 Å². The third-order valence-corrected chi connectivity index (χ3v) is 6.46. The molecule has 3 atom stereocenters. The summed E-state index contributed by atoms with van der Waals surface area (Å²) in [6.07, 6.45) is 1.81. The SMILES string of the molecule is CC[C@H]1OCC[C@H](Nc2ncc(Cl)c(-c3cc(F)c4nc(C(C)(C)O)[nH]c4c3C(C)C)n2)[C@H]1O. The van der Waals surface area contributed by atoms with Gasteiger partial charge in [-0.05, 0) is 44.2 Å². The van der Waals surface area contributed by atoms with Gasteiger partial charge in [-0.15, -0.1) is 0 Å². The van der Waals surface area contributed by atoms with Crippen LogP contribution in [0.4, 0.5) is 10.3 Å². The van der Waals surface area contributed by atoms with Crippen molar-refractivity contribution in [3.05, 3.63) is 34.5 Å². The van der Waals surface area contributed by atoms with Gasteiger partial charge in [-0.1, -0.05) is 32.4 Å². The molecule has 10 heteroatoms. The fourth-order valence-corrected chi connectivity index (χ4v) is 4.61. The van der Waals surface area contributed by atoms with E-state index in [4.69, 9.17) is 16.3 Å². The number of aromatic nitrogens is 4. The first-order chi connectivity index (χ1) is 16.0. The molecule has 1 fully saturated rings. The number of rotatable bonds is 6. The number of imidazole rings is 1. The molecule has 0 radical (unpaired) electrons. The average Bonchev–Trinajstić information content (AvgIpc) is 3.22. The number of aliphatic hydroxyl groups excluding tert-OH is 1. The molecule has 1 aromatic carbocycles. The Morgan fingerprint density at radius 1 is 1.35 bits per heavy atom. The van der Waals surface area contributed by atoms with Gasteiger partial charge < -0.3 is 25.3 Å². The van der Waals surface area contributed by atoms with Crippen molar-refractivity contribution in [2.45, 2.75) is 77.2 Å². The number of nitrogens with one attached hydrogen (secondary N) is 2. The zero-order valence-corrected chi connectivity index (χ0v) is 20.7. The molecule has 184 valence electrons. The van der Waals surface area contributed by atoms with Crippen molar-refractivity contribution in [1.29, 1.82) is 0 Å². The minimum Gasteiger partial charge on any atom is -0.388 e. The maximum Gasteiger partial charge on any atom is 0.223 e. The average molecular weight is 492 g/mol. The fraction of sp³-hybridized carbons (Fsp3) is 0.542. The molecule has 1 saturated heterocycles. The predicted octanol–water partition coefficient (Wildman–Crippen LogP) is 4.50. The Hall–Kier alpha value is -2.33. The molecule has 1 aliphatic rings. The Labute approximate surface area is 202 Å². The Morgan fingerprint density at radius 3 is 2.74 bits per heavy atom. The molecule has 3 aromatic rings. The quantitative estimate of drug-likeness (QED) is 0.401. The van der Waals surface area contributed by atoms with Crippen molar-refractivity contribution in [2.75, 3.05) is 11.9 Å². The van der Waals surface area contributed by atoms with E-state index in [0.29, 0.717) is 36.2 Å². The largest absolute Gasteiger partial charge is 0.388 e. The van der Waals surface area contributed by atoms with Gasteiger partial charge in [0, 0.05) is 12.2 Å². The predicted molar refractivity (Wildman–Crippen MR) is 129 cm³/mol. The molecular formula is C24H31ClFN5O3. The van der Waals surface area contributed by atoms with Crippen molar-refractivity contribution in [3.8, 4) is 11.3 Å². The molecule has 34 heavy (non-hydrogen) atoms. The minimum absolute atomic E-state index is 0.0294. The molecule has 4 rings (SSSR count). The number of H-pyrrole nitrogens is 1. The minimum atomic E-state index is -1.26. The smallest absolute Gasteiger partial charge is 0.223 e. The lowest BCUT2D eigenvalue weighted by molar-refractivity contribution is -0.0808. The number of aliphatic hydroxyl groups is 2. The summed E-state index contributed by atoms with van der Waals surface area (Å²) >= 11 is 6.50. The fourth-order valence-electron chi connectivity index (χ4n) is 4.42. The zero-order valence-electron chi connectivity index (χ0n) is 20.0. The summed E-state index contributed by atoms with van der Waals surface area (Å²) in [6.45, 7) is 9.63. The zero-order chi connectivity index (χ0) is 24.8. The summed E-state index contributed by atoms with van der Waals surface area (Å²) in [5, 5.41) is 24.5. The van der Waals surface area contributed by atoms with E-state index in [-0.39, 0.29) is 40.4 Å². The van der Waals surface area contributed by atoms with Crippen molar-refractivity contribution >= 4 is 28.6 Å². The van der Waals surface area contributed by atoms with Gasteiger partial charge in [-0.2, -0.15) is 0 Å². The number of hydrogen-bond acceptors (Lipinski definition) is 7. The molecule has 2 aromatic heterocycles. The lowest BCUT2D eigenvalue weighted by Crippen LogP contribution is -2.48. The number of benzene rings is 1. The highest BCUT2D eigenvalue weighted by Gasteiger charge is 2.32. The molecule has 0 aliphatic carbocycles. The number of fused-ring (bicyclic) bond motifs is 1. The maximum atomic E-state index is 15.2. The van der Waals surface area contributed by atoms with E-state index in [0.717, 1.165) is 5.56 Å².